The van der Waals surface area contributed by atoms with Crippen LogP contribution in [0.2, 0.25) is 0 Å². The van der Waals surface area contributed by atoms with E-state index in [1.54, 1.807) is 12.5 Å². The van der Waals surface area contributed by atoms with Crippen molar-refractivity contribution in [3.05, 3.63) is 18.6 Å². The predicted molar refractivity (Wildman–Crippen MR) is 55.2 cm³/mol. The van der Waals surface area contributed by atoms with E-state index < -0.39 is 0 Å². The van der Waals surface area contributed by atoms with Crippen LogP contribution in [0.3, 0.4) is 0 Å². The number of hydrogen-bond donors (Lipinski definition) is 0. The lowest BCUT2D eigenvalue weighted by molar-refractivity contribution is 0.764. The van der Waals surface area contributed by atoms with Crippen molar-refractivity contribution in [2.45, 2.75) is 18.7 Å². The molecule has 1 atom stereocenters. The van der Waals surface area contributed by atoms with E-state index in [4.69, 9.17) is 11.6 Å². The minimum Gasteiger partial charge on any atom is -0.360 e. The Balaban J connectivity index is 2.44. The zero-order chi connectivity index (χ0) is 9.68. The summed E-state index contributed by atoms with van der Waals surface area (Å²) in [4.78, 5) is 10.1. The zero-order valence-corrected chi connectivity index (χ0v) is 8.70. The van der Waals surface area contributed by atoms with Gasteiger partial charge in [0.25, 0.3) is 0 Å². The lowest BCUT2D eigenvalue weighted by Crippen LogP contribution is -2.21. The van der Waals surface area contributed by atoms with Gasteiger partial charge in [-0.15, -0.1) is 11.6 Å². The molecule has 1 aromatic heterocycles. The van der Waals surface area contributed by atoms with Crippen LogP contribution in [-0.4, -0.2) is 28.9 Å². The van der Waals surface area contributed by atoms with Gasteiger partial charge in [0.05, 0.1) is 0 Å². The third kappa shape index (κ3) is 3.59. The van der Waals surface area contributed by atoms with Gasteiger partial charge in [-0.05, 0) is 19.4 Å². The lowest BCUT2D eigenvalue weighted by Gasteiger charge is -2.17. The number of halogens is 1. The van der Waals surface area contributed by atoms with Gasteiger partial charge >= 0.3 is 0 Å². The molecule has 13 heavy (non-hydrogen) atoms. The second kappa shape index (κ2) is 5.02. The smallest absolute Gasteiger partial charge is 0.131 e. The molecule has 0 aromatic carbocycles. The van der Waals surface area contributed by atoms with Gasteiger partial charge in [-0.25, -0.2) is 9.97 Å². The summed E-state index contributed by atoms with van der Waals surface area (Å²) in [7, 11) is 2.00. The molecule has 0 aliphatic heterocycles. The SMILES string of the molecule is CC(Cl)CCN(C)c1ccncn1. The standard InChI is InChI=1S/C9H14ClN3/c1-8(10)4-6-13(2)9-3-5-11-7-12-9/h3,5,7-8H,4,6H2,1-2H3. The predicted octanol–water partition coefficient (Wildman–Crippen LogP) is 1.93. The maximum Gasteiger partial charge on any atom is 0.131 e. The minimum atomic E-state index is 0.212. The van der Waals surface area contributed by atoms with E-state index in [2.05, 4.69) is 14.9 Å². The highest BCUT2D eigenvalue weighted by Crippen LogP contribution is 2.08. The largest absolute Gasteiger partial charge is 0.360 e. The first-order chi connectivity index (χ1) is 6.20. The summed E-state index contributed by atoms with van der Waals surface area (Å²) in [5.41, 5.74) is 0. The number of nitrogens with zero attached hydrogens (tertiary/aromatic N) is 3. The molecule has 1 heterocycles. The monoisotopic (exact) mass is 199 g/mol. The Hall–Kier alpha value is -0.830. The fourth-order valence-electron chi connectivity index (χ4n) is 0.996. The fraction of sp³-hybridized carbons (Fsp3) is 0.556. The summed E-state index contributed by atoms with van der Waals surface area (Å²) >= 11 is 5.85. The first-order valence-electron chi connectivity index (χ1n) is 4.31. The Morgan fingerprint density at radius 2 is 2.38 bits per heavy atom. The van der Waals surface area contributed by atoms with E-state index in [1.807, 2.05) is 20.0 Å². The highest BCUT2D eigenvalue weighted by Gasteiger charge is 2.02. The van der Waals surface area contributed by atoms with Crippen molar-refractivity contribution in [3.63, 3.8) is 0 Å². The maximum atomic E-state index is 5.85. The van der Waals surface area contributed by atoms with E-state index >= 15 is 0 Å². The highest BCUT2D eigenvalue weighted by atomic mass is 35.5. The Bertz CT molecular complexity index is 238. The number of rotatable bonds is 4. The molecule has 0 radical (unpaired) electrons. The summed E-state index contributed by atoms with van der Waals surface area (Å²) in [5, 5.41) is 0.212. The quantitative estimate of drug-likeness (QED) is 0.694. The molecule has 0 aliphatic carbocycles. The van der Waals surface area contributed by atoms with E-state index in [0.29, 0.717) is 0 Å². The molecule has 0 saturated carbocycles. The van der Waals surface area contributed by atoms with Gasteiger partial charge in [0.1, 0.15) is 12.1 Å². The summed E-state index contributed by atoms with van der Waals surface area (Å²) in [5.74, 6) is 0.937. The molecule has 0 aliphatic rings. The first-order valence-corrected chi connectivity index (χ1v) is 4.75. The number of alkyl halides is 1. The molecular formula is C9H14ClN3. The molecule has 3 nitrogen and oxygen atoms in total. The Labute approximate surface area is 83.8 Å². The number of aromatic nitrogens is 2. The van der Waals surface area contributed by atoms with Gasteiger partial charge in [0.2, 0.25) is 0 Å². The fourth-order valence-corrected chi connectivity index (χ4v) is 1.09. The first kappa shape index (κ1) is 10.3. The number of hydrogen-bond acceptors (Lipinski definition) is 3. The average molecular weight is 200 g/mol. The molecule has 4 heteroatoms. The Morgan fingerprint density at radius 1 is 1.62 bits per heavy atom. The van der Waals surface area contributed by atoms with Gasteiger partial charge in [0.15, 0.2) is 0 Å². The van der Waals surface area contributed by atoms with Crippen LogP contribution >= 0.6 is 11.6 Å². The Morgan fingerprint density at radius 3 is 2.92 bits per heavy atom. The molecule has 72 valence electrons. The van der Waals surface area contributed by atoms with Gasteiger partial charge in [-0.3, -0.25) is 0 Å². The minimum absolute atomic E-state index is 0.212. The highest BCUT2D eigenvalue weighted by molar-refractivity contribution is 6.20. The van der Waals surface area contributed by atoms with Crippen molar-refractivity contribution < 1.29 is 0 Å². The van der Waals surface area contributed by atoms with E-state index in [1.165, 1.54) is 0 Å². The van der Waals surface area contributed by atoms with E-state index in [-0.39, 0.29) is 5.38 Å². The molecule has 1 rings (SSSR count). The summed E-state index contributed by atoms with van der Waals surface area (Å²) in [6.07, 6.45) is 4.25. The van der Waals surface area contributed by atoms with Gasteiger partial charge in [-0.2, -0.15) is 0 Å². The summed E-state index contributed by atoms with van der Waals surface area (Å²) in [6, 6.07) is 1.89. The van der Waals surface area contributed by atoms with Crippen LogP contribution in [0.15, 0.2) is 18.6 Å². The molecule has 0 amide bonds. The van der Waals surface area contributed by atoms with Crippen LogP contribution in [0.4, 0.5) is 5.82 Å². The van der Waals surface area contributed by atoms with Crippen LogP contribution in [-0.2, 0) is 0 Å². The summed E-state index contributed by atoms with van der Waals surface area (Å²) in [6.45, 7) is 2.91. The third-order valence-corrected chi connectivity index (χ3v) is 2.04. The van der Waals surface area contributed by atoms with Crippen LogP contribution in [0.1, 0.15) is 13.3 Å². The molecule has 1 aromatic rings. The zero-order valence-electron chi connectivity index (χ0n) is 7.94. The maximum absolute atomic E-state index is 5.85. The van der Waals surface area contributed by atoms with Gasteiger partial charge in [0, 0.05) is 25.2 Å². The molecule has 0 saturated heterocycles. The van der Waals surface area contributed by atoms with Crippen molar-refractivity contribution in [2.24, 2.45) is 0 Å². The second-order valence-electron chi connectivity index (χ2n) is 3.06. The van der Waals surface area contributed by atoms with Crippen LogP contribution < -0.4 is 4.90 Å². The van der Waals surface area contributed by atoms with Crippen molar-refractivity contribution in [1.29, 1.82) is 0 Å². The van der Waals surface area contributed by atoms with Crippen molar-refractivity contribution in [2.75, 3.05) is 18.5 Å². The van der Waals surface area contributed by atoms with Crippen LogP contribution in [0, 0.1) is 0 Å². The molecule has 0 fully saturated rings. The van der Waals surface area contributed by atoms with Crippen LogP contribution in [0.5, 0.6) is 0 Å². The van der Waals surface area contributed by atoms with E-state index in [0.717, 1.165) is 18.8 Å². The third-order valence-electron chi connectivity index (χ3n) is 1.82. The Kier molecular flexibility index (Phi) is 3.96. The molecule has 0 N–H and O–H groups in total. The normalized spacial score (nSPS) is 12.5. The molecule has 1 unspecified atom stereocenters. The van der Waals surface area contributed by atoms with Crippen LogP contribution in [0.25, 0.3) is 0 Å². The molecule has 0 bridgehead atoms. The van der Waals surface area contributed by atoms with E-state index in [9.17, 15) is 0 Å². The average Bonchev–Trinajstić information content (AvgIpc) is 2.15. The summed E-state index contributed by atoms with van der Waals surface area (Å²) < 4.78 is 0. The van der Waals surface area contributed by atoms with Gasteiger partial charge < -0.3 is 4.90 Å². The number of anilines is 1. The van der Waals surface area contributed by atoms with Crippen molar-refractivity contribution in [3.8, 4) is 0 Å². The molecular weight excluding hydrogens is 186 g/mol. The second-order valence-corrected chi connectivity index (χ2v) is 3.80. The van der Waals surface area contributed by atoms with Gasteiger partial charge in [-0.1, -0.05) is 0 Å². The molecule has 0 spiro atoms. The van der Waals surface area contributed by atoms with Crippen molar-refractivity contribution >= 4 is 17.4 Å². The van der Waals surface area contributed by atoms with Crippen molar-refractivity contribution in [1.82, 2.24) is 9.97 Å². The lowest BCUT2D eigenvalue weighted by atomic mass is 10.3. The topological polar surface area (TPSA) is 29.0 Å².